The molecule has 4 saturated heterocycles. The van der Waals surface area contributed by atoms with E-state index >= 15 is 0 Å². The first-order valence-corrected chi connectivity index (χ1v) is 8.24. The maximum atomic E-state index is 6.19. The quantitative estimate of drug-likeness (QED) is 0.787. The molecule has 4 heterocycles. The van der Waals surface area contributed by atoms with Crippen LogP contribution in [0.15, 0.2) is 30.3 Å². The highest BCUT2D eigenvalue weighted by Crippen LogP contribution is 2.45. The van der Waals surface area contributed by atoms with Crippen molar-refractivity contribution in [3.8, 4) is 0 Å². The largest absolute Gasteiger partial charge is 0.370 e. The van der Waals surface area contributed by atoms with E-state index in [2.05, 4.69) is 12.1 Å². The maximum Gasteiger partial charge on any atom is 0.190 e. The Kier molecular flexibility index (Phi) is 3.03. The highest BCUT2D eigenvalue weighted by molar-refractivity contribution is 5.46. The molecule has 0 saturated carbocycles. The van der Waals surface area contributed by atoms with E-state index in [1.807, 2.05) is 37.1 Å². The minimum atomic E-state index is -0.620. The fourth-order valence-corrected chi connectivity index (χ4v) is 4.06. The standard InChI is InChI=1S/C17H21NO5/c1-17(2)21-15-14-13(20-16(15)22-17)12-8-11(9-19-14)23-18(12)10-6-4-3-5-7-10/h3-7,11-16H,8-9H2,1-2H3/t11?,12?,13?,14-,15+,16+/m0/s1. The van der Waals surface area contributed by atoms with Gasteiger partial charge < -0.3 is 18.9 Å². The number of hydroxylamine groups is 1. The first-order valence-electron chi connectivity index (χ1n) is 8.24. The zero-order valence-electron chi connectivity index (χ0n) is 13.3. The molecule has 0 radical (unpaired) electrons. The summed E-state index contributed by atoms with van der Waals surface area (Å²) >= 11 is 0. The summed E-state index contributed by atoms with van der Waals surface area (Å²) in [6.07, 6.45) is 0.171. The number of para-hydroxylation sites is 1. The molecule has 124 valence electrons. The van der Waals surface area contributed by atoms with Crippen molar-refractivity contribution in [2.24, 2.45) is 0 Å². The van der Waals surface area contributed by atoms with Crippen LogP contribution in [-0.4, -0.2) is 49.1 Å². The van der Waals surface area contributed by atoms with Gasteiger partial charge in [-0.25, -0.2) is 5.06 Å². The van der Waals surface area contributed by atoms with Crippen molar-refractivity contribution in [3.63, 3.8) is 0 Å². The highest BCUT2D eigenvalue weighted by Gasteiger charge is 2.60. The monoisotopic (exact) mass is 319 g/mol. The Morgan fingerprint density at radius 1 is 1.04 bits per heavy atom. The molecule has 23 heavy (non-hydrogen) atoms. The zero-order valence-corrected chi connectivity index (χ0v) is 13.3. The van der Waals surface area contributed by atoms with Crippen LogP contribution in [-0.2, 0) is 23.8 Å². The molecule has 1 aromatic carbocycles. The Hall–Kier alpha value is -1.18. The van der Waals surface area contributed by atoms with Crippen molar-refractivity contribution in [1.29, 1.82) is 0 Å². The predicted octanol–water partition coefficient (Wildman–Crippen LogP) is 1.84. The van der Waals surface area contributed by atoms with Crippen LogP contribution in [0.5, 0.6) is 0 Å². The van der Waals surface area contributed by atoms with Gasteiger partial charge >= 0.3 is 0 Å². The van der Waals surface area contributed by atoms with E-state index in [4.69, 9.17) is 23.8 Å². The van der Waals surface area contributed by atoms with Crippen LogP contribution in [0, 0.1) is 0 Å². The molecule has 5 rings (SSSR count). The smallest absolute Gasteiger partial charge is 0.190 e. The van der Waals surface area contributed by atoms with Gasteiger partial charge in [0.1, 0.15) is 24.4 Å². The summed E-state index contributed by atoms with van der Waals surface area (Å²) in [5, 5.41) is 1.98. The Labute approximate surface area is 135 Å². The Morgan fingerprint density at radius 3 is 2.70 bits per heavy atom. The van der Waals surface area contributed by atoms with Crippen LogP contribution in [0.4, 0.5) is 5.69 Å². The summed E-state index contributed by atoms with van der Waals surface area (Å²) < 4.78 is 24.1. The SMILES string of the molecule is CC1(C)O[C@H]2OC3C4CC(CO[C@@H]3[C@H]2O1)ON4c1ccccc1. The summed E-state index contributed by atoms with van der Waals surface area (Å²) in [7, 11) is 0. The lowest BCUT2D eigenvalue weighted by atomic mass is 10.0. The molecule has 4 aliphatic heterocycles. The second-order valence-corrected chi connectivity index (χ2v) is 7.06. The van der Waals surface area contributed by atoms with Crippen molar-refractivity contribution >= 4 is 5.69 Å². The number of rotatable bonds is 1. The molecule has 0 aliphatic carbocycles. The Morgan fingerprint density at radius 2 is 1.87 bits per heavy atom. The molecule has 4 aliphatic rings. The van der Waals surface area contributed by atoms with Gasteiger partial charge in [-0.3, -0.25) is 4.84 Å². The summed E-state index contributed by atoms with van der Waals surface area (Å²) in [4.78, 5) is 6.07. The number of hydrogen-bond acceptors (Lipinski definition) is 6. The second-order valence-electron chi connectivity index (χ2n) is 7.06. The van der Waals surface area contributed by atoms with Crippen LogP contribution in [0.25, 0.3) is 0 Å². The van der Waals surface area contributed by atoms with E-state index < -0.39 is 5.79 Å². The third-order valence-corrected chi connectivity index (χ3v) is 4.96. The molecular formula is C17H21NO5. The van der Waals surface area contributed by atoms with Gasteiger partial charge in [0, 0.05) is 6.42 Å². The van der Waals surface area contributed by atoms with Gasteiger partial charge in [-0.1, -0.05) is 18.2 Å². The van der Waals surface area contributed by atoms with Crippen molar-refractivity contribution < 1.29 is 23.8 Å². The average molecular weight is 319 g/mol. The third-order valence-electron chi connectivity index (χ3n) is 4.96. The van der Waals surface area contributed by atoms with Gasteiger partial charge in [0.25, 0.3) is 0 Å². The lowest BCUT2D eigenvalue weighted by Gasteiger charge is -2.34. The van der Waals surface area contributed by atoms with Crippen molar-refractivity contribution in [2.45, 2.75) is 62.8 Å². The number of anilines is 1. The van der Waals surface area contributed by atoms with E-state index in [1.165, 1.54) is 0 Å². The topological polar surface area (TPSA) is 49.4 Å². The number of benzene rings is 1. The maximum absolute atomic E-state index is 6.19. The first-order chi connectivity index (χ1) is 11.1. The zero-order chi connectivity index (χ0) is 15.6. The average Bonchev–Trinajstić information content (AvgIpc) is 3.11. The normalized spacial score (nSPS) is 44.0. The summed E-state index contributed by atoms with van der Waals surface area (Å²) in [6.45, 7) is 4.37. The molecule has 0 aromatic heterocycles. The lowest BCUT2D eigenvalue weighted by Crippen LogP contribution is -2.48. The fraction of sp³-hybridized carbons (Fsp3) is 0.647. The van der Waals surface area contributed by atoms with Crippen LogP contribution in [0.3, 0.4) is 0 Å². The van der Waals surface area contributed by atoms with E-state index in [9.17, 15) is 0 Å². The molecule has 4 fully saturated rings. The summed E-state index contributed by atoms with van der Waals surface area (Å²) in [5.41, 5.74) is 1.04. The Bertz CT molecular complexity index is 594. The van der Waals surface area contributed by atoms with Crippen LogP contribution in [0.2, 0.25) is 0 Å². The van der Waals surface area contributed by atoms with Gasteiger partial charge in [-0.2, -0.15) is 0 Å². The van der Waals surface area contributed by atoms with E-state index in [0.717, 1.165) is 12.1 Å². The van der Waals surface area contributed by atoms with E-state index in [1.54, 1.807) is 0 Å². The minimum absolute atomic E-state index is 0.0585. The fourth-order valence-electron chi connectivity index (χ4n) is 4.06. The van der Waals surface area contributed by atoms with Crippen LogP contribution in [0.1, 0.15) is 20.3 Å². The van der Waals surface area contributed by atoms with Gasteiger partial charge in [-0.05, 0) is 26.0 Å². The molecule has 2 bridgehead atoms. The lowest BCUT2D eigenvalue weighted by molar-refractivity contribution is -0.222. The van der Waals surface area contributed by atoms with Gasteiger partial charge in [0.05, 0.1) is 18.3 Å². The molecule has 0 spiro atoms. The van der Waals surface area contributed by atoms with Crippen molar-refractivity contribution in [2.75, 3.05) is 11.7 Å². The minimum Gasteiger partial charge on any atom is -0.370 e. The molecule has 0 N–H and O–H groups in total. The number of hydrogen-bond donors (Lipinski definition) is 0. The van der Waals surface area contributed by atoms with Crippen molar-refractivity contribution in [3.05, 3.63) is 30.3 Å². The third kappa shape index (κ3) is 2.21. The molecule has 6 nitrogen and oxygen atoms in total. The van der Waals surface area contributed by atoms with Crippen LogP contribution >= 0.6 is 0 Å². The molecule has 1 aromatic rings. The molecule has 0 amide bonds. The Balaban J connectivity index is 1.44. The van der Waals surface area contributed by atoms with Gasteiger partial charge in [-0.15, -0.1) is 0 Å². The predicted molar refractivity (Wildman–Crippen MR) is 80.6 cm³/mol. The second kappa shape index (κ2) is 4.91. The number of ether oxygens (including phenoxy) is 4. The number of fused-ring (bicyclic) bond motifs is 6. The van der Waals surface area contributed by atoms with E-state index in [0.29, 0.717) is 6.61 Å². The summed E-state index contributed by atoms with van der Waals surface area (Å²) in [6, 6.07) is 10.3. The van der Waals surface area contributed by atoms with Gasteiger partial charge in [0.15, 0.2) is 12.1 Å². The number of nitrogens with zero attached hydrogens (tertiary/aromatic N) is 1. The molecule has 3 unspecified atom stereocenters. The molecular weight excluding hydrogens is 298 g/mol. The summed E-state index contributed by atoms with van der Waals surface area (Å²) in [5.74, 6) is -0.620. The molecule has 6 atom stereocenters. The van der Waals surface area contributed by atoms with Crippen LogP contribution < -0.4 is 5.06 Å². The van der Waals surface area contributed by atoms with Gasteiger partial charge in [0.2, 0.25) is 0 Å². The first kappa shape index (κ1) is 14.2. The molecule has 6 heteroatoms. The van der Waals surface area contributed by atoms with E-state index in [-0.39, 0.29) is 36.7 Å². The highest BCUT2D eigenvalue weighted by atomic mass is 16.8. The van der Waals surface area contributed by atoms with Crippen molar-refractivity contribution in [1.82, 2.24) is 0 Å².